The molecule has 11 nitrogen and oxygen atoms in total. The van der Waals surface area contributed by atoms with Crippen molar-refractivity contribution in [3.63, 3.8) is 0 Å². The smallest absolute Gasteiger partial charge is 0.415 e. The van der Waals surface area contributed by atoms with E-state index in [0.29, 0.717) is 34.8 Å². The van der Waals surface area contributed by atoms with Crippen LogP contribution in [0.25, 0.3) is 22.6 Å². The summed E-state index contributed by atoms with van der Waals surface area (Å²) in [5.41, 5.74) is 2.80. The fraction of sp³-hybridized carbons (Fsp3) is 0.300. The average molecular weight is 439 g/mol. The number of alkyl carbamates (subject to hydrolysis) is 1. The number of pyridine rings is 1. The molecule has 3 aromatic rings. The number of fused-ring (bicyclic) bond motifs is 3. The molecule has 1 unspecified atom stereocenters. The number of aromatic nitrogens is 5. The van der Waals surface area contributed by atoms with Crippen molar-refractivity contribution in [3.8, 4) is 22.6 Å². The Bertz CT molecular complexity index is 1210. The molecule has 2 aromatic heterocycles. The molecular formula is C20H18FN7O4. The van der Waals surface area contributed by atoms with Crippen molar-refractivity contribution in [3.05, 3.63) is 41.8 Å². The number of anilines is 1. The molecule has 1 aromatic carbocycles. The molecule has 1 saturated heterocycles. The topological polar surface area (TPSA) is 124 Å². The van der Waals surface area contributed by atoms with Crippen LogP contribution in [-0.2, 0) is 22.9 Å². The number of nitrogens with zero attached hydrogens (tertiary/aromatic N) is 6. The van der Waals surface area contributed by atoms with E-state index in [1.165, 1.54) is 22.8 Å². The highest BCUT2D eigenvalue weighted by Gasteiger charge is 2.47. The predicted molar refractivity (Wildman–Crippen MR) is 108 cm³/mol. The molecule has 5 rings (SSSR count). The van der Waals surface area contributed by atoms with Crippen LogP contribution in [0.1, 0.15) is 5.56 Å². The van der Waals surface area contributed by atoms with Crippen LogP contribution in [0.4, 0.5) is 19.7 Å². The molecule has 2 aliphatic rings. The molecule has 1 fully saturated rings. The number of hydrogen-bond acceptors (Lipinski definition) is 8. The van der Waals surface area contributed by atoms with Crippen LogP contribution in [0, 0.1) is 5.82 Å². The molecule has 1 N–H and O–H groups in total. The SMILES string of the molecule is COC(=O)NCC1OC(=O)N2c3cc(F)c(-c4ccc(-c5nnnn5C)nc4)cc3C[C@@H]12. The van der Waals surface area contributed by atoms with Gasteiger partial charge < -0.3 is 14.8 Å². The zero-order valence-electron chi connectivity index (χ0n) is 17.1. The number of ether oxygens (including phenoxy) is 2. The molecule has 0 saturated carbocycles. The minimum atomic E-state index is -0.614. The standard InChI is InChI=1S/C20H18FN7O4/c1-27-18(24-25-26-27)14-4-3-10(8-22-14)12-5-11-6-16-17(9-23-19(29)31-2)32-20(30)28(16)15(11)7-13(12)21/h3-5,7-8,16-17H,6,9H2,1-2H3,(H,23,29)/t16-,17?/m0/s1. The summed E-state index contributed by atoms with van der Waals surface area (Å²) < 4.78 is 26.4. The highest BCUT2D eigenvalue weighted by Crippen LogP contribution is 2.41. The number of rotatable bonds is 4. The van der Waals surface area contributed by atoms with E-state index >= 15 is 4.39 Å². The first-order chi connectivity index (χ1) is 15.5. The Morgan fingerprint density at radius 1 is 1.38 bits per heavy atom. The highest BCUT2D eigenvalue weighted by atomic mass is 19.1. The van der Waals surface area contributed by atoms with Gasteiger partial charge in [-0.05, 0) is 40.6 Å². The number of amides is 2. The first-order valence-electron chi connectivity index (χ1n) is 9.79. The van der Waals surface area contributed by atoms with Gasteiger partial charge in [0.25, 0.3) is 0 Å². The van der Waals surface area contributed by atoms with E-state index in [1.807, 2.05) is 0 Å². The Balaban J connectivity index is 1.41. The number of aryl methyl sites for hydroxylation is 1. The summed E-state index contributed by atoms with van der Waals surface area (Å²) in [4.78, 5) is 29.6. The number of cyclic esters (lactones) is 1. The van der Waals surface area contributed by atoms with E-state index in [0.717, 1.165) is 5.56 Å². The van der Waals surface area contributed by atoms with E-state index in [1.54, 1.807) is 31.4 Å². The number of benzene rings is 1. The lowest BCUT2D eigenvalue weighted by Gasteiger charge is -2.16. The Morgan fingerprint density at radius 3 is 2.91 bits per heavy atom. The second-order valence-corrected chi connectivity index (χ2v) is 7.46. The van der Waals surface area contributed by atoms with Crippen LogP contribution < -0.4 is 10.2 Å². The summed E-state index contributed by atoms with van der Waals surface area (Å²) in [6.07, 6.45) is 0.277. The van der Waals surface area contributed by atoms with Gasteiger partial charge in [-0.25, -0.2) is 18.7 Å². The minimum absolute atomic E-state index is 0.102. The molecule has 12 heteroatoms. The summed E-state index contributed by atoms with van der Waals surface area (Å²) in [7, 11) is 2.96. The average Bonchev–Trinajstić information content (AvgIpc) is 3.46. The monoisotopic (exact) mass is 439 g/mol. The molecule has 0 spiro atoms. The Hall–Kier alpha value is -4.09. The lowest BCUT2D eigenvalue weighted by atomic mass is 10.00. The van der Waals surface area contributed by atoms with Gasteiger partial charge in [0.15, 0.2) is 5.82 Å². The molecule has 164 valence electrons. The third-order valence-corrected chi connectivity index (χ3v) is 5.62. The second-order valence-electron chi connectivity index (χ2n) is 7.46. The molecule has 2 aliphatic heterocycles. The maximum Gasteiger partial charge on any atom is 0.415 e. The highest BCUT2D eigenvalue weighted by molar-refractivity contribution is 5.94. The van der Waals surface area contributed by atoms with Gasteiger partial charge in [0.1, 0.15) is 17.6 Å². The van der Waals surface area contributed by atoms with Crippen LogP contribution in [0.15, 0.2) is 30.5 Å². The van der Waals surface area contributed by atoms with E-state index in [4.69, 9.17) is 4.74 Å². The summed E-state index contributed by atoms with van der Waals surface area (Å²) in [5, 5.41) is 13.8. The summed E-state index contributed by atoms with van der Waals surface area (Å²) in [6.45, 7) is 0.102. The number of nitrogens with one attached hydrogen (secondary N) is 1. The fourth-order valence-electron chi connectivity index (χ4n) is 4.07. The number of halogens is 1. The Labute approximate surface area is 181 Å². The summed E-state index contributed by atoms with van der Waals surface area (Å²) >= 11 is 0. The molecule has 2 amide bonds. The molecular weight excluding hydrogens is 421 g/mol. The lowest BCUT2D eigenvalue weighted by Crippen LogP contribution is -2.40. The zero-order chi connectivity index (χ0) is 22.4. The Morgan fingerprint density at radius 2 is 2.22 bits per heavy atom. The third-order valence-electron chi connectivity index (χ3n) is 5.62. The minimum Gasteiger partial charge on any atom is -0.453 e. The third kappa shape index (κ3) is 3.20. The van der Waals surface area contributed by atoms with Crippen LogP contribution in [-0.4, -0.2) is 63.2 Å². The van der Waals surface area contributed by atoms with Crippen molar-refractivity contribution in [1.82, 2.24) is 30.5 Å². The number of carbonyl (C=O) groups is 2. The van der Waals surface area contributed by atoms with Crippen LogP contribution in [0.2, 0.25) is 0 Å². The van der Waals surface area contributed by atoms with Gasteiger partial charge in [-0.15, -0.1) is 5.10 Å². The number of hydrogen-bond donors (Lipinski definition) is 1. The first-order valence-corrected chi connectivity index (χ1v) is 9.79. The van der Waals surface area contributed by atoms with Gasteiger partial charge in [0.2, 0.25) is 0 Å². The van der Waals surface area contributed by atoms with Gasteiger partial charge in [0, 0.05) is 24.4 Å². The van der Waals surface area contributed by atoms with Crippen LogP contribution >= 0.6 is 0 Å². The van der Waals surface area contributed by atoms with Crippen molar-refractivity contribution < 1.29 is 23.5 Å². The Kier molecular flexibility index (Phi) is 4.68. The van der Waals surface area contributed by atoms with Crippen LogP contribution in [0.5, 0.6) is 0 Å². The number of methoxy groups -OCH3 is 1. The zero-order valence-corrected chi connectivity index (χ0v) is 17.1. The van der Waals surface area contributed by atoms with E-state index < -0.39 is 24.1 Å². The largest absolute Gasteiger partial charge is 0.453 e. The molecule has 0 aliphatic carbocycles. The van der Waals surface area contributed by atoms with Crippen molar-refractivity contribution >= 4 is 17.9 Å². The molecule has 32 heavy (non-hydrogen) atoms. The first kappa shape index (κ1) is 19.8. The van der Waals surface area contributed by atoms with Gasteiger partial charge in [-0.2, -0.15) is 0 Å². The quantitative estimate of drug-likeness (QED) is 0.651. The molecule has 0 bridgehead atoms. The molecule has 2 atom stereocenters. The number of tetrazole rings is 1. The predicted octanol–water partition coefficient (Wildman–Crippen LogP) is 1.68. The maximum atomic E-state index is 15.0. The van der Waals surface area contributed by atoms with Gasteiger partial charge >= 0.3 is 12.2 Å². The maximum absolute atomic E-state index is 15.0. The van der Waals surface area contributed by atoms with Crippen LogP contribution in [0.3, 0.4) is 0 Å². The summed E-state index contributed by atoms with van der Waals surface area (Å²) in [5.74, 6) is 0.0138. The second kappa shape index (κ2) is 7.55. The van der Waals surface area contributed by atoms with Crippen molar-refractivity contribution in [2.75, 3.05) is 18.6 Å². The van der Waals surface area contributed by atoms with E-state index in [9.17, 15) is 9.59 Å². The molecule has 0 radical (unpaired) electrons. The normalized spacial score (nSPS) is 18.8. The van der Waals surface area contributed by atoms with E-state index in [-0.39, 0.29) is 12.6 Å². The van der Waals surface area contributed by atoms with Crippen molar-refractivity contribution in [2.24, 2.45) is 7.05 Å². The number of carbonyl (C=O) groups excluding carboxylic acids is 2. The summed E-state index contributed by atoms with van der Waals surface area (Å²) in [6, 6.07) is 6.19. The van der Waals surface area contributed by atoms with Crippen molar-refractivity contribution in [2.45, 2.75) is 18.6 Å². The lowest BCUT2D eigenvalue weighted by molar-refractivity contribution is 0.123. The van der Waals surface area contributed by atoms with Gasteiger partial charge in [-0.3, -0.25) is 9.88 Å². The molecule has 4 heterocycles. The van der Waals surface area contributed by atoms with Gasteiger partial charge in [-0.1, -0.05) is 6.07 Å². The van der Waals surface area contributed by atoms with Crippen molar-refractivity contribution in [1.29, 1.82) is 0 Å². The van der Waals surface area contributed by atoms with Gasteiger partial charge in [0.05, 0.1) is 25.4 Å². The fourth-order valence-corrected chi connectivity index (χ4v) is 4.07. The van der Waals surface area contributed by atoms with E-state index in [2.05, 4.69) is 30.6 Å².